The van der Waals surface area contributed by atoms with Crippen molar-refractivity contribution in [1.82, 2.24) is 4.90 Å². The highest BCUT2D eigenvalue weighted by Gasteiger charge is 2.40. The third-order valence-electron chi connectivity index (χ3n) is 2.65. The van der Waals surface area contributed by atoms with Gasteiger partial charge in [0.05, 0.1) is 12.7 Å². The summed E-state index contributed by atoms with van der Waals surface area (Å²) in [5, 5.41) is 9.42. The number of hydrogen-bond acceptors (Lipinski definition) is 3. The third-order valence-corrected chi connectivity index (χ3v) is 2.65. The first-order valence-electron chi connectivity index (χ1n) is 4.98. The Bertz CT molecular complexity index is 208. The van der Waals surface area contributed by atoms with Crippen molar-refractivity contribution in [3.8, 4) is 0 Å². The number of nitrogens with zero attached hydrogens (tertiary/aromatic N) is 1. The Morgan fingerprint density at radius 3 is 2.71 bits per heavy atom. The average molecular weight is 201 g/mol. The molecule has 3 unspecified atom stereocenters. The highest BCUT2D eigenvalue weighted by Crippen LogP contribution is 2.38. The summed E-state index contributed by atoms with van der Waals surface area (Å²) in [4.78, 5) is 13.2. The van der Waals surface area contributed by atoms with Crippen molar-refractivity contribution in [2.45, 2.75) is 19.4 Å². The van der Waals surface area contributed by atoms with Crippen LogP contribution in [0.25, 0.3) is 0 Å². The topological polar surface area (TPSA) is 49.8 Å². The fraction of sp³-hybridized carbons (Fsp3) is 0.900. The summed E-state index contributed by atoms with van der Waals surface area (Å²) in [5.74, 6) is 0.854. The Morgan fingerprint density at radius 1 is 1.71 bits per heavy atom. The van der Waals surface area contributed by atoms with Crippen LogP contribution in [-0.2, 0) is 9.53 Å². The molecule has 1 aliphatic carbocycles. The van der Waals surface area contributed by atoms with Gasteiger partial charge >= 0.3 is 0 Å². The van der Waals surface area contributed by atoms with Gasteiger partial charge in [0.2, 0.25) is 5.91 Å². The lowest BCUT2D eigenvalue weighted by atomic mass is 10.2. The van der Waals surface area contributed by atoms with Crippen molar-refractivity contribution in [1.29, 1.82) is 0 Å². The number of aliphatic hydroxyl groups excluding tert-OH is 1. The van der Waals surface area contributed by atoms with Crippen molar-refractivity contribution in [3.63, 3.8) is 0 Å². The number of ether oxygens (including phenoxy) is 1. The fourth-order valence-electron chi connectivity index (χ4n) is 1.60. The molecule has 1 N–H and O–H groups in total. The summed E-state index contributed by atoms with van der Waals surface area (Å²) in [6, 6.07) is 0. The number of aliphatic hydroxyl groups is 1. The summed E-state index contributed by atoms with van der Waals surface area (Å²) >= 11 is 0. The van der Waals surface area contributed by atoms with Crippen LogP contribution in [-0.4, -0.2) is 49.3 Å². The number of carbonyl (C=O) groups excluding carboxylic acids is 1. The van der Waals surface area contributed by atoms with E-state index in [1.54, 1.807) is 11.9 Å². The van der Waals surface area contributed by atoms with E-state index in [0.717, 1.165) is 6.42 Å². The molecule has 0 aromatic rings. The molecule has 0 bridgehead atoms. The zero-order valence-corrected chi connectivity index (χ0v) is 9.06. The lowest BCUT2D eigenvalue weighted by molar-refractivity contribution is -0.133. The van der Waals surface area contributed by atoms with Gasteiger partial charge in [0.15, 0.2) is 0 Å². The number of amides is 1. The molecule has 82 valence electrons. The molecule has 0 saturated heterocycles. The van der Waals surface area contributed by atoms with Crippen LogP contribution in [0.15, 0.2) is 0 Å². The summed E-state index contributed by atoms with van der Waals surface area (Å²) < 4.78 is 4.79. The number of rotatable bonds is 5. The highest BCUT2D eigenvalue weighted by molar-refractivity contribution is 5.81. The number of methoxy groups -OCH3 is 1. The second-order valence-electron chi connectivity index (χ2n) is 4.15. The molecule has 1 saturated carbocycles. The molecule has 1 fully saturated rings. The number of hydrogen-bond donors (Lipinski definition) is 1. The van der Waals surface area contributed by atoms with Gasteiger partial charge in [0.1, 0.15) is 0 Å². The van der Waals surface area contributed by atoms with Crippen molar-refractivity contribution in [2.75, 3.05) is 27.3 Å². The first kappa shape index (κ1) is 11.5. The maximum Gasteiger partial charge on any atom is 0.225 e. The van der Waals surface area contributed by atoms with Crippen LogP contribution in [0.5, 0.6) is 0 Å². The predicted octanol–water partition coefficient (Wildman–Crippen LogP) is 0.108. The molecule has 1 rings (SSSR count). The number of likely N-dealkylation sites (N-methyl/N-ethyl adjacent to an activating group) is 1. The Kier molecular flexibility index (Phi) is 3.89. The molecule has 3 atom stereocenters. The Morgan fingerprint density at radius 2 is 2.29 bits per heavy atom. The van der Waals surface area contributed by atoms with Gasteiger partial charge in [-0.15, -0.1) is 0 Å². The maximum absolute atomic E-state index is 11.6. The van der Waals surface area contributed by atoms with Gasteiger partial charge < -0.3 is 14.7 Å². The molecule has 0 aliphatic heterocycles. The molecule has 1 amide bonds. The van der Waals surface area contributed by atoms with E-state index >= 15 is 0 Å². The molecule has 0 aromatic carbocycles. The fourth-order valence-corrected chi connectivity index (χ4v) is 1.60. The molecule has 4 heteroatoms. The smallest absolute Gasteiger partial charge is 0.225 e. The third kappa shape index (κ3) is 2.96. The zero-order valence-electron chi connectivity index (χ0n) is 9.06. The monoisotopic (exact) mass is 201 g/mol. The molecular weight excluding hydrogens is 182 g/mol. The van der Waals surface area contributed by atoms with E-state index in [4.69, 9.17) is 4.74 Å². The summed E-state index contributed by atoms with van der Waals surface area (Å²) in [6.07, 6.45) is 0.409. The van der Waals surface area contributed by atoms with E-state index in [1.807, 2.05) is 0 Å². The molecule has 0 heterocycles. The SMILES string of the molecule is COCC(O)CN(C)C(=O)C1CC1C. The van der Waals surface area contributed by atoms with Crippen molar-refractivity contribution >= 4 is 5.91 Å². The second-order valence-corrected chi connectivity index (χ2v) is 4.15. The standard InChI is InChI=1S/C10H19NO3/c1-7-4-9(7)10(13)11(2)5-8(12)6-14-3/h7-9,12H,4-6H2,1-3H3. The molecule has 14 heavy (non-hydrogen) atoms. The van der Waals surface area contributed by atoms with Gasteiger partial charge in [-0.3, -0.25) is 4.79 Å². The first-order valence-corrected chi connectivity index (χ1v) is 4.98. The van der Waals surface area contributed by atoms with Gasteiger partial charge in [-0.2, -0.15) is 0 Å². The number of carbonyl (C=O) groups is 1. The minimum Gasteiger partial charge on any atom is -0.389 e. The minimum atomic E-state index is -0.581. The first-order chi connectivity index (χ1) is 6.56. The summed E-state index contributed by atoms with van der Waals surface area (Å²) in [6.45, 7) is 2.70. The van der Waals surface area contributed by atoms with Crippen molar-refractivity contribution in [3.05, 3.63) is 0 Å². The summed E-state index contributed by atoms with van der Waals surface area (Å²) in [5.41, 5.74) is 0. The van der Waals surface area contributed by atoms with Gasteiger partial charge in [0.25, 0.3) is 0 Å². The van der Waals surface area contributed by atoms with Gasteiger partial charge in [-0.05, 0) is 12.3 Å². The van der Waals surface area contributed by atoms with E-state index in [1.165, 1.54) is 7.11 Å². The molecule has 4 nitrogen and oxygen atoms in total. The predicted molar refractivity (Wildman–Crippen MR) is 52.8 cm³/mol. The van der Waals surface area contributed by atoms with Crippen LogP contribution in [0, 0.1) is 11.8 Å². The lowest BCUT2D eigenvalue weighted by Gasteiger charge is -2.20. The highest BCUT2D eigenvalue weighted by atomic mass is 16.5. The largest absolute Gasteiger partial charge is 0.389 e. The van der Waals surface area contributed by atoms with Gasteiger partial charge in [-0.25, -0.2) is 0 Å². The van der Waals surface area contributed by atoms with Gasteiger partial charge in [-0.1, -0.05) is 6.92 Å². The minimum absolute atomic E-state index is 0.146. The van der Waals surface area contributed by atoms with Crippen LogP contribution in [0.4, 0.5) is 0 Å². The van der Waals surface area contributed by atoms with Crippen LogP contribution < -0.4 is 0 Å². The maximum atomic E-state index is 11.6. The quantitative estimate of drug-likeness (QED) is 0.686. The molecule has 0 radical (unpaired) electrons. The van der Waals surface area contributed by atoms with Crippen LogP contribution in [0.3, 0.4) is 0 Å². The van der Waals surface area contributed by atoms with Crippen LogP contribution >= 0.6 is 0 Å². The summed E-state index contributed by atoms with van der Waals surface area (Å²) in [7, 11) is 3.26. The van der Waals surface area contributed by atoms with Crippen molar-refractivity contribution in [2.24, 2.45) is 11.8 Å². The van der Waals surface area contributed by atoms with E-state index in [2.05, 4.69) is 6.92 Å². The Labute approximate surface area is 84.8 Å². The van der Waals surface area contributed by atoms with Crippen LogP contribution in [0.2, 0.25) is 0 Å². The molecule has 1 aliphatic rings. The van der Waals surface area contributed by atoms with E-state index in [9.17, 15) is 9.90 Å². The molecule has 0 spiro atoms. The van der Waals surface area contributed by atoms with Gasteiger partial charge in [0, 0.05) is 26.6 Å². The average Bonchev–Trinajstić information content (AvgIpc) is 2.81. The molecular formula is C10H19NO3. The lowest BCUT2D eigenvalue weighted by Crippen LogP contribution is -2.37. The Balaban J connectivity index is 2.26. The zero-order chi connectivity index (χ0) is 10.7. The Hall–Kier alpha value is -0.610. The van der Waals surface area contributed by atoms with Crippen molar-refractivity contribution < 1.29 is 14.6 Å². The second kappa shape index (κ2) is 4.75. The normalized spacial score (nSPS) is 27.1. The van der Waals surface area contributed by atoms with E-state index in [0.29, 0.717) is 12.5 Å². The molecule has 0 aromatic heterocycles. The van der Waals surface area contributed by atoms with Crippen LogP contribution in [0.1, 0.15) is 13.3 Å². The van der Waals surface area contributed by atoms with E-state index in [-0.39, 0.29) is 18.4 Å². The van der Waals surface area contributed by atoms with E-state index < -0.39 is 6.10 Å².